The maximum absolute atomic E-state index is 10.4. The highest BCUT2D eigenvalue weighted by atomic mass is 35.5. The highest BCUT2D eigenvalue weighted by molar-refractivity contribution is 6.35. The molecule has 0 heterocycles. The van der Waals surface area contributed by atoms with Crippen LogP contribution in [0.25, 0.3) is 5.57 Å². The van der Waals surface area contributed by atoms with Crippen LogP contribution in [-0.4, -0.2) is 11.1 Å². The SMILES string of the molecule is C/C(=C\C(=O)O)c1ccc(Cl)cc1Cl. The lowest BCUT2D eigenvalue weighted by Gasteiger charge is -2.03. The van der Waals surface area contributed by atoms with Crippen LogP contribution < -0.4 is 0 Å². The van der Waals surface area contributed by atoms with Gasteiger partial charge in [0.05, 0.1) is 0 Å². The third-order valence-electron chi connectivity index (χ3n) is 1.70. The molecule has 0 bridgehead atoms. The molecule has 0 atom stereocenters. The molecule has 0 amide bonds. The minimum atomic E-state index is -0.992. The summed E-state index contributed by atoms with van der Waals surface area (Å²) in [6.07, 6.45) is 1.11. The lowest BCUT2D eigenvalue weighted by molar-refractivity contribution is -0.131. The number of hydrogen-bond donors (Lipinski definition) is 1. The number of aliphatic carboxylic acids is 1. The molecule has 4 heteroatoms. The van der Waals surface area contributed by atoms with Crippen molar-refractivity contribution >= 4 is 34.7 Å². The minimum absolute atomic E-state index is 0.451. The second-order valence-corrected chi connectivity index (χ2v) is 3.63. The molecular formula is C10H8Cl2O2. The van der Waals surface area contributed by atoms with E-state index in [4.69, 9.17) is 28.3 Å². The lowest BCUT2D eigenvalue weighted by Crippen LogP contribution is -1.90. The van der Waals surface area contributed by atoms with Crippen molar-refractivity contribution < 1.29 is 9.90 Å². The van der Waals surface area contributed by atoms with Crippen molar-refractivity contribution in [3.05, 3.63) is 39.9 Å². The fourth-order valence-corrected chi connectivity index (χ4v) is 1.63. The standard InChI is InChI=1S/C10H8Cl2O2/c1-6(4-10(13)14)8-3-2-7(11)5-9(8)12/h2-5H,1H3,(H,13,14)/b6-4+. The average Bonchev–Trinajstić information content (AvgIpc) is 2.01. The topological polar surface area (TPSA) is 37.3 Å². The molecule has 0 aromatic heterocycles. The van der Waals surface area contributed by atoms with Crippen LogP contribution in [0.3, 0.4) is 0 Å². The van der Waals surface area contributed by atoms with E-state index >= 15 is 0 Å². The van der Waals surface area contributed by atoms with Gasteiger partial charge in [-0.3, -0.25) is 0 Å². The number of carbonyl (C=O) groups is 1. The molecule has 2 nitrogen and oxygen atoms in total. The van der Waals surface area contributed by atoms with Crippen molar-refractivity contribution in [2.24, 2.45) is 0 Å². The first kappa shape index (κ1) is 11.1. The molecule has 0 saturated carbocycles. The first-order chi connectivity index (χ1) is 6.50. The molecule has 74 valence electrons. The smallest absolute Gasteiger partial charge is 0.328 e. The van der Waals surface area contributed by atoms with Crippen molar-refractivity contribution in [1.29, 1.82) is 0 Å². The van der Waals surface area contributed by atoms with Crippen molar-refractivity contribution in [2.45, 2.75) is 6.92 Å². The van der Waals surface area contributed by atoms with Gasteiger partial charge in [0.2, 0.25) is 0 Å². The molecule has 0 spiro atoms. The average molecular weight is 231 g/mol. The Morgan fingerprint density at radius 3 is 2.57 bits per heavy atom. The summed E-state index contributed by atoms with van der Waals surface area (Å²) in [6.45, 7) is 1.68. The Morgan fingerprint density at radius 2 is 2.07 bits per heavy atom. The summed E-state index contributed by atoms with van der Waals surface area (Å²) in [6, 6.07) is 4.94. The van der Waals surface area contributed by atoms with E-state index in [1.165, 1.54) is 0 Å². The molecule has 0 aliphatic carbocycles. The molecule has 1 rings (SSSR count). The molecule has 0 saturated heterocycles. The molecule has 1 aromatic carbocycles. The van der Waals surface area contributed by atoms with E-state index in [0.717, 1.165) is 6.08 Å². The molecule has 0 radical (unpaired) electrons. The Hall–Kier alpha value is -0.990. The van der Waals surface area contributed by atoms with Gasteiger partial charge in [0.15, 0.2) is 0 Å². The third kappa shape index (κ3) is 2.76. The largest absolute Gasteiger partial charge is 0.478 e. The molecule has 14 heavy (non-hydrogen) atoms. The molecule has 0 fully saturated rings. The van der Waals surface area contributed by atoms with E-state index < -0.39 is 5.97 Å². The van der Waals surface area contributed by atoms with Gasteiger partial charge < -0.3 is 5.11 Å². The van der Waals surface area contributed by atoms with E-state index in [1.54, 1.807) is 25.1 Å². The van der Waals surface area contributed by atoms with Crippen LogP contribution in [0, 0.1) is 0 Å². The Morgan fingerprint density at radius 1 is 1.43 bits per heavy atom. The second kappa shape index (κ2) is 4.49. The molecular weight excluding hydrogens is 223 g/mol. The fraction of sp³-hybridized carbons (Fsp3) is 0.100. The van der Waals surface area contributed by atoms with Gasteiger partial charge in [-0.1, -0.05) is 29.3 Å². The van der Waals surface area contributed by atoms with Crippen LogP contribution in [0.5, 0.6) is 0 Å². The number of halogens is 2. The summed E-state index contributed by atoms with van der Waals surface area (Å²) < 4.78 is 0. The van der Waals surface area contributed by atoms with Gasteiger partial charge in [0.25, 0.3) is 0 Å². The Labute approximate surface area is 91.8 Å². The van der Waals surface area contributed by atoms with Crippen molar-refractivity contribution in [3.8, 4) is 0 Å². The maximum atomic E-state index is 10.4. The van der Waals surface area contributed by atoms with Crippen molar-refractivity contribution in [1.82, 2.24) is 0 Å². The summed E-state index contributed by atoms with van der Waals surface area (Å²) in [4.78, 5) is 10.4. The Bertz CT molecular complexity index is 397. The van der Waals surface area contributed by atoms with Gasteiger partial charge in [-0.15, -0.1) is 0 Å². The first-order valence-electron chi connectivity index (χ1n) is 3.87. The molecule has 1 N–H and O–H groups in total. The predicted octanol–water partition coefficient (Wildman–Crippen LogP) is 3.48. The lowest BCUT2D eigenvalue weighted by atomic mass is 10.1. The molecule has 0 aliphatic heterocycles. The van der Waals surface area contributed by atoms with Crippen LogP contribution in [-0.2, 0) is 4.79 Å². The van der Waals surface area contributed by atoms with E-state index in [2.05, 4.69) is 0 Å². The van der Waals surface area contributed by atoms with Gasteiger partial charge in [-0.2, -0.15) is 0 Å². The van der Waals surface area contributed by atoms with Gasteiger partial charge >= 0.3 is 5.97 Å². The highest BCUT2D eigenvalue weighted by Gasteiger charge is 2.04. The van der Waals surface area contributed by atoms with Crippen LogP contribution >= 0.6 is 23.2 Å². The van der Waals surface area contributed by atoms with Crippen LogP contribution in [0.15, 0.2) is 24.3 Å². The Balaban J connectivity index is 3.14. The highest BCUT2D eigenvalue weighted by Crippen LogP contribution is 2.26. The summed E-state index contributed by atoms with van der Waals surface area (Å²) in [7, 11) is 0. The van der Waals surface area contributed by atoms with E-state index in [-0.39, 0.29) is 0 Å². The summed E-state index contributed by atoms with van der Waals surface area (Å²) >= 11 is 11.6. The summed E-state index contributed by atoms with van der Waals surface area (Å²) in [5, 5.41) is 9.53. The quantitative estimate of drug-likeness (QED) is 0.791. The summed E-state index contributed by atoms with van der Waals surface area (Å²) in [5.74, 6) is -0.992. The zero-order valence-electron chi connectivity index (χ0n) is 7.42. The second-order valence-electron chi connectivity index (χ2n) is 2.79. The number of hydrogen-bond acceptors (Lipinski definition) is 1. The van der Waals surface area contributed by atoms with Gasteiger partial charge in [0, 0.05) is 16.1 Å². The normalized spacial score (nSPS) is 11.5. The fourth-order valence-electron chi connectivity index (χ4n) is 1.07. The minimum Gasteiger partial charge on any atom is -0.478 e. The number of carboxylic acids is 1. The predicted molar refractivity (Wildman–Crippen MR) is 57.7 cm³/mol. The van der Waals surface area contributed by atoms with E-state index in [9.17, 15) is 4.79 Å². The Kier molecular flexibility index (Phi) is 3.55. The van der Waals surface area contributed by atoms with E-state index in [0.29, 0.717) is 21.2 Å². The zero-order valence-corrected chi connectivity index (χ0v) is 8.93. The van der Waals surface area contributed by atoms with Crippen LogP contribution in [0.1, 0.15) is 12.5 Å². The van der Waals surface area contributed by atoms with Gasteiger partial charge in [0.1, 0.15) is 0 Å². The first-order valence-corrected chi connectivity index (χ1v) is 4.63. The molecule has 0 unspecified atom stereocenters. The zero-order chi connectivity index (χ0) is 10.7. The van der Waals surface area contributed by atoms with Crippen LogP contribution in [0.2, 0.25) is 10.0 Å². The van der Waals surface area contributed by atoms with Crippen molar-refractivity contribution in [3.63, 3.8) is 0 Å². The summed E-state index contributed by atoms with van der Waals surface area (Å²) in [5.41, 5.74) is 1.28. The van der Waals surface area contributed by atoms with Gasteiger partial charge in [-0.25, -0.2) is 4.79 Å². The van der Waals surface area contributed by atoms with Crippen molar-refractivity contribution in [2.75, 3.05) is 0 Å². The third-order valence-corrected chi connectivity index (χ3v) is 2.24. The molecule has 1 aromatic rings. The van der Waals surface area contributed by atoms with E-state index in [1.807, 2.05) is 0 Å². The number of rotatable bonds is 2. The molecule has 0 aliphatic rings. The number of carboxylic acid groups (broad SMARTS) is 1. The van der Waals surface area contributed by atoms with Gasteiger partial charge in [-0.05, 0) is 30.2 Å². The monoisotopic (exact) mass is 230 g/mol. The van der Waals surface area contributed by atoms with Crippen LogP contribution in [0.4, 0.5) is 0 Å². The number of allylic oxidation sites excluding steroid dienone is 1. The number of benzene rings is 1. The maximum Gasteiger partial charge on any atom is 0.328 e.